The van der Waals surface area contributed by atoms with Crippen LogP contribution in [0.25, 0.3) is 0 Å². The van der Waals surface area contributed by atoms with E-state index in [2.05, 4.69) is 10.7 Å². The number of alkyl halides is 3. The summed E-state index contributed by atoms with van der Waals surface area (Å²) in [6.45, 7) is 0. The van der Waals surface area contributed by atoms with Crippen LogP contribution in [0.15, 0.2) is 0 Å². The van der Waals surface area contributed by atoms with Crippen LogP contribution in [0.1, 0.15) is 0 Å². The van der Waals surface area contributed by atoms with Gasteiger partial charge < -0.3 is 0 Å². The predicted molar refractivity (Wildman–Crippen MR) is 34.0 cm³/mol. The Balaban J connectivity index is 2.07. The quantitative estimate of drug-likeness (QED) is 0.329. The van der Waals surface area contributed by atoms with Gasteiger partial charge in [-0.25, -0.2) is 0 Å². The Morgan fingerprint density at radius 1 is 2.00 bits per heavy atom. The molecular weight excluding hydrogens is 336 g/mol. The van der Waals surface area contributed by atoms with Gasteiger partial charge in [0.25, 0.3) is 0 Å². The van der Waals surface area contributed by atoms with Crippen LogP contribution >= 0.6 is 15.8 Å². The molecule has 1 fully saturated rings. The summed E-state index contributed by atoms with van der Waals surface area (Å²) in [7, 11) is 0. The van der Waals surface area contributed by atoms with Gasteiger partial charge in [0.05, 0.1) is 0 Å². The Labute approximate surface area is 61.0 Å². The molecule has 5 heteroatoms. The van der Waals surface area contributed by atoms with Crippen molar-refractivity contribution < 1.29 is 26.9 Å². The molecule has 0 aromatic rings. The van der Waals surface area contributed by atoms with E-state index in [0.717, 1.165) is 0 Å². The topological polar surface area (TPSA) is 52.3 Å². The van der Waals surface area contributed by atoms with Gasteiger partial charge in [-0.15, -0.1) is 0 Å². The summed E-state index contributed by atoms with van der Waals surface area (Å²) in [6, 6.07) is 0. The van der Waals surface area contributed by atoms with Gasteiger partial charge in [0, 0.05) is 0 Å². The van der Waals surface area contributed by atoms with E-state index in [-0.39, 0.29) is 5.97 Å². The summed E-state index contributed by atoms with van der Waals surface area (Å²) < 4.78 is 2.14. The Morgan fingerprint density at radius 2 is 2.62 bits per heavy atom. The van der Waals surface area contributed by atoms with Crippen molar-refractivity contribution in [2.45, 2.75) is 0 Å². The summed E-state index contributed by atoms with van der Waals surface area (Å²) in [5.41, 5.74) is 0. The van der Waals surface area contributed by atoms with Gasteiger partial charge in [0.15, 0.2) is 0 Å². The van der Waals surface area contributed by atoms with E-state index in [0.29, 0.717) is 21.7 Å². The van der Waals surface area contributed by atoms with E-state index >= 15 is 0 Å². The van der Waals surface area contributed by atoms with Gasteiger partial charge in [0.1, 0.15) is 0 Å². The van der Waals surface area contributed by atoms with Crippen molar-refractivity contribution in [1.29, 1.82) is 0 Å². The maximum atomic E-state index is 10.4. The Morgan fingerprint density at radius 3 is 3.00 bits per heavy atom. The van der Waals surface area contributed by atoms with E-state index in [1.165, 1.54) is 2.43 Å². The SMILES string of the molecule is NOC(=O)CI1C[I-]1. The third-order valence-corrected chi connectivity index (χ3v) is 14.7. The molecule has 0 amide bonds. The van der Waals surface area contributed by atoms with Crippen LogP contribution in [0, 0.1) is 0 Å². The molecule has 0 saturated carbocycles. The van der Waals surface area contributed by atoms with Crippen LogP contribution in [0.5, 0.6) is 0 Å². The van der Waals surface area contributed by atoms with Gasteiger partial charge in [0.2, 0.25) is 0 Å². The molecule has 0 unspecified atom stereocenters. The second-order valence-corrected chi connectivity index (χ2v) is 20.8. The average Bonchev–Trinajstić information content (AvgIpc) is 2.50. The Hall–Kier alpha value is 0.890. The maximum absolute atomic E-state index is 10.4. The van der Waals surface area contributed by atoms with Crippen LogP contribution in [0.3, 0.4) is 0 Å². The zero-order chi connectivity index (χ0) is 5.98. The molecule has 0 aromatic heterocycles. The molecule has 1 aliphatic rings. The van der Waals surface area contributed by atoms with Crippen molar-refractivity contribution in [3.05, 3.63) is 0 Å². The summed E-state index contributed by atoms with van der Waals surface area (Å²) in [5, 5.41) is 0. The molecule has 0 spiro atoms. The zero-order valence-corrected chi connectivity index (χ0v) is 8.38. The number of carbonyl (C=O) groups excluding carboxylic acids is 1. The fourth-order valence-corrected chi connectivity index (χ4v) is 13.9. The molecule has 1 rings (SSSR count). The van der Waals surface area contributed by atoms with Gasteiger partial charge in [-0.3, -0.25) is 0 Å². The van der Waals surface area contributed by atoms with Crippen molar-refractivity contribution in [1.82, 2.24) is 0 Å². The van der Waals surface area contributed by atoms with Crippen LogP contribution in [0.2, 0.25) is 0 Å². The molecule has 1 heterocycles. The first-order valence-corrected chi connectivity index (χ1v) is 12.8. The molecule has 1 aliphatic heterocycles. The van der Waals surface area contributed by atoms with E-state index in [1.54, 1.807) is 0 Å². The molecule has 0 aromatic carbocycles. The molecule has 0 atom stereocenters. The van der Waals surface area contributed by atoms with Crippen molar-refractivity contribution in [3.8, 4) is 0 Å². The van der Waals surface area contributed by atoms with Crippen LogP contribution in [-0.4, -0.2) is 12.8 Å². The van der Waals surface area contributed by atoms with Crippen molar-refractivity contribution >= 4 is 21.8 Å². The summed E-state index contributed by atoms with van der Waals surface area (Å²) in [4.78, 5) is 14.4. The third-order valence-electron chi connectivity index (χ3n) is 0.629. The van der Waals surface area contributed by atoms with E-state index in [4.69, 9.17) is 0 Å². The number of carbonyl (C=O) groups is 1. The van der Waals surface area contributed by atoms with Gasteiger partial charge >= 0.3 is 61.4 Å². The molecule has 2 N–H and O–H groups in total. The summed E-state index contributed by atoms with van der Waals surface area (Å²) in [6.07, 6.45) is 0. The first-order chi connectivity index (χ1) is 3.83. The van der Waals surface area contributed by atoms with E-state index in [1.807, 2.05) is 0 Å². The number of hydrogen-bond acceptors (Lipinski definition) is 3. The second-order valence-electron chi connectivity index (χ2n) is 1.22. The fraction of sp³-hybridized carbons (Fsp3) is 0.667. The average molecular weight is 342 g/mol. The minimum absolute atomic E-state index is 0.188. The Bertz CT molecular complexity index is 103. The predicted octanol–water partition coefficient (Wildman–Crippen LogP) is -3.12. The normalized spacial score (nSPS) is 21.4. The number of halogens is 2. The Kier molecular flexibility index (Phi) is 2.76. The molecule has 3 nitrogen and oxygen atoms in total. The van der Waals surface area contributed by atoms with Gasteiger partial charge in [-0.1, -0.05) is 0 Å². The first kappa shape index (κ1) is 7.00. The van der Waals surface area contributed by atoms with Crippen LogP contribution in [-0.2, 0) is 9.63 Å². The van der Waals surface area contributed by atoms with Crippen molar-refractivity contribution in [2.24, 2.45) is 5.90 Å². The van der Waals surface area contributed by atoms with E-state index < -0.39 is 15.8 Å². The molecule has 0 aliphatic carbocycles. The van der Waals surface area contributed by atoms with Crippen LogP contribution in [0.4, 0.5) is 0 Å². The molecule has 0 radical (unpaired) electrons. The monoisotopic (exact) mass is 342 g/mol. The summed E-state index contributed by atoms with van der Waals surface area (Å²) in [5.74, 6) is 4.45. The van der Waals surface area contributed by atoms with Gasteiger partial charge in [-0.2, -0.15) is 0 Å². The number of rotatable bonds is 2. The van der Waals surface area contributed by atoms with Crippen molar-refractivity contribution in [2.75, 3.05) is 6.86 Å². The number of hydrogen-bond donors (Lipinski definition) is 1. The van der Waals surface area contributed by atoms with Crippen LogP contribution < -0.4 is 23.1 Å². The standard InChI is InChI=1S/C3H6I2NO2/c6-8-3(7)1-5-2-4-5/h1-2,6H2/q-1. The summed E-state index contributed by atoms with van der Waals surface area (Å²) >= 11 is -0.0500. The molecule has 50 valence electrons. The first-order valence-electron chi connectivity index (χ1n) is 1.94. The van der Waals surface area contributed by atoms with E-state index in [9.17, 15) is 4.79 Å². The number of nitrogens with two attached hydrogens (primary N) is 1. The van der Waals surface area contributed by atoms with Gasteiger partial charge in [-0.05, 0) is 0 Å². The molecule has 1 saturated heterocycles. The zero-order valence-electron chi connectivity index (χ0n) is 4.06. The third kappa shape index (κ3) is 2.44. The fourth-order valence-electron chi connectivity index (χ4n) is 0.248. The minimum atomic E-state index is -0.585. The molecular formula is C3H6I2NO2-. The molecule has 8 heavy (non-hydrogen) atoms. The van der Waals surface area contributed by atoms with Crippen molar-refractivity contribution in [3.63, 3.8) is 0 Å². The molecule has 0 bridgehead atoms. The second kappa shape index (κ2) is 3.16.